The first-order valence-corrected chi connectivity index (χ1v) is 4.59. The van der Waals surface area contributed by atoms with Crippen LogP contribution in [-0.4, -0.2) is 30.3 Å². The van der Waals surface area contributed by atoms with Gasteiger partial charge < -0.3 is 4.79 Å². The Morgan fingerprint density at radius 3 is 2.82 bits per heavy atom. The fourth-order valence-corrected chi connectivity index (χ4v) is 1.86. The van der Waals surface area contributed by atoms with Gasteiger partial charge in [0.1, 0.15) is 6.29 Å². The Labute approximate surface area is 67.6 Å². The molecule has 0 bridgehead atoms. The third-order valence-corrected chi connectivity index (χ3v) is 2.76. The van der Waals surface area contributed by atoms with Crippen LogP contribution in [0.4, 0.5) is 0 Å². The van der Waals surface area contributed by atoms with Crippen molar-refractivity contribution in [3.05, 3.63) is 0 Å². The minimum Gasteiger partial charge on any atom is -0.302 e. The molecular formula is C9H15NO. The van der Waals surface area contributed by atoms with Crippen molar-refractivity contribution in [2.24, 2.45) is 5.92 Å². The highest BCUT2D eigenvalue weighted by atomic mass is 16.1. The van der Waals surface area contributed by atoms with Gasteiger partial charge in [-0.2, -0.15) is 0 Å². The van der Waals surface area contributed by atoms with E-state index in [1.54, 1.807) is 0 Å². The smallest absolute Gasteiger partial charge is 0.137 e. The Kier molecular flexibility index (Phi) is 1.95. The molecule has 0 spiro atoms. The molecular weight excluding hydrogens is 138 g/mol. The monoisotopic (exact) mass is 153 g/mol. The summed E-state index contributed by atoms with van der Waals surface area (Å²) >= 11 is 0. The van der Waals surface area contributed by atoms with Crippen LogP contribution in [0.5, 0.6) is 0 Å². The van der Waals surface area contributed by atoms with Crippen molar-refractivity contribution in [2.45, 2.75) is 31.7 Å². The molecule has 0 aromatic rings. The molecule has 2 heteroatoms. The van der Waals surface area contributed by atoms with Crippen molar-refractivity contribution in [1.29, 1.82) is 0 Å². The molecule has 0 amide bonds. The number of likely N-dealkylation sites (tertiary alicyclic amines) is 1. The molecule has 1 saturated heterocycles. The Hall–Kier alpha value is -0.370. The predicted octanol–water partition coefficient (Wildman–Crippen LogP) is 1.06. The van der Waals surface area contributed by atoms with E-state index < -0.39 is 0 Å². The summed E-state index contributed by atoms with van der Waals surface area (Å²) in [7, 11) is 0. The summed E-state index contributed by atoms with van der Waals surface area (Å²) in [6.07, 6.45) is 6.21. The first-order valence-electron chi connectivity index (χ1n) is 4.59. The maximum atomic E-state index is 10.6. The van der Waals surface area contributed by atoms with Gasteiger partial charge in [-0.25, -0.2) is 0 Å². The van der Waals surface area contributed by atoms with Crippen LogP contribution in [0.2, 0.25) is 0 Å². The standard InChI is InChI=1S/C9H15NO/c11-7-9-2-1-5-10(9)6-8-3-4-8/h7-9H,1-6H2/t9-/m0/s1. The summed E-state index contributed by atoms with van der Waals surface area (Å²) in [6.45, 7) is 2.34. The molecule has 1 aliphatic heterocycles. The second-order valence-electron chi connectivity index (χ2n) is 3.78. The molecule has 2 nitrogen and oxygen atoms in total. The molecule has 2 fully saturated rings. The molecule has 2 aliphatic rings. The van der Waals surface area contributed by atoms with Crippen molar-refractivity contribution >= 4 is 6.29 Å². The van der Waals surface area contributed by atoms with Gasteiger partial charge in [0.2, 0.25) is 0 Å². The third kappa shape index (κ3) is 1.62. The zero-order chi connectivity index (χ0) is 7.68. The molecule has 0 N–H and O–H groups in total. The summed E-state index contributed by atoms with van der Waals surface area (Å²) in [5.74, 6) is 0.926. The lowest BCUT2D eigenvalue weighted by molar-refractivity contribution is -0.111. The first-order chi connectivity index (χ1) is 5.40. The predicted molar refractivity (Wildman–Crippen MR) is 43.4 cm³/mol. The molecule has 2 rings (SSSR count). The number of rotatable bonds is 3. The van der Waals surface area contributed by atoms with Crippen LogP contribution in [-0.2, 0) is 4.79 Å². The minimum absolute atomic E-state index is 0.260. The lowest BCUT2D eigenvalue weighted by atomic mass is 10.2. The fraction of sp³-hybridized carbons (Fsp3) is 0.889. The van der Waals surface area contributed by atoms with Gasteiger partial charge in [-0.3, -0.25) is 4.90 Å². The summed E-state index contributed by atoms with van der Waals surface area (Å²) in [5, 5.41) is 0. The lowest BCUT2D eigenvalue weighted by Gasteiger charge is -2.18. The summed E-state index contributed by atoms with van der Waals surface area (Å²) in [5.41, 5.74) is 0. The molecule has 1 saturated carbocycles. The third-order valence-electron chi connectivity index (χ3n) is 2.76. The van der Waals surface area contributed by atoms with Crippen LogP contribution in [0.25, 0.3) is 0 Å². The highest BCUT2D eigenvalue weighted by Crippen LogP contribution is 2.31. The second-order valence-corrected chi connectivity index (χ2v) is 3.78. The number of hydrogen-bond acceptors (Lipinski definition) is 2. The lowest BCUT2D eigenvalue weighted by Crippen LogP contribution is -2.32. The van der Waals surface area contributed by atoms with Crippen molar-refractivity contribution < 1.29 is 4.79 Å². The molecule has 1 atom stereocenters. The van der Waals surface area contributed by atoms with Crippen LogP contribution in [0, 0.1) is 5.92 Å². The van der Waals surface area contributed by atoms with Gasteiger partial charge in [-0.15, -0.1) is 0 Å². The van der Waals surface area contributed by atoms with E-state index in [1.807, 2.05) is 0 Å². The van der Waals surface area contributed by atoms with E-state index in [1.165, 1.54) is 25.8 Å². The SMILES string of the molecule is O=C[C@@H]1CCCN1CC1CC1. The van der Waals surface area contributed by atoms with Crippen molar-refractivity contribution in [3.63, 3.8) is 0 Å². The molecule has 11 heavy (non-hydrogen) atoms. The highest BCUT2D eigenvalue weighted by Gasteiger charge is 2.30. The van der Waals surface area contributed by atoms with Crippen molar-refractivity contribution in [1.82, 2.24) is 4.90 Å². The van der Waals surface area contributed by atoms with Gasteiger partial charge in [0.05, 0.1) is 6.04 Å². The minimum atomic E-state index is 0.260. The van der Waals surface area contributed by atoms with Gasteiger partial charge >= 0.3 is 0 Å². The number of hydrogen-bond donors (Lipinski definition) is 0. The Morgan fingerprint density at radius 2 is 2.18 bits per heavy atom. The summed E-state index contributed by atoms with van der Waals surface area (Å²) in [6, 6.07) is 0.260. The molecule has 0 aromatic heterocycles. The van der Waals surface area contributed by atoms with Gasteiger partial charge in [-0.05, 0) is 38.1 Å². The second kappa shape index (κ2) is 2.94. The van der Waals surface area contributed by atoms with E-state index in [0.29, 0.717) is 0 Å². The molecule has 62 valence electrons. The van der Waals surface area contributed by atoms with Crippen LogP contribution in [0.15, 0.2) is 0 Å². The topological polar surface area (TPSA) is 20.3 Å². The largest absolute Gasteiger partial charge is 0.302 e. The van der Waals surface area contributed by atoms with E-state index >= 15 is 0 Å². The number of carbonyl (C=O) groups excluding carboxylic acids is 1. The van der Waals surface area contributed by atoms with Crippen LogP contribution in [0.1, 0.15) is 25.7 Å². The zero-order valence-corrected chi connectivity index (χ0v) is 6.83. The fourth-order valence-electron chi connectivity index (χ4n) is 1.86. The Balaban J connectivity index is 1.84. The molecule has 0 unspecified atom stereocenters. The van der Waals surface area contributed by atoms with E-state index in [9.17, 15) is 4.79 Å². The van der Waals surface area contributed by atoms with Crippen LogP contribution >= 0.6 is 0 Å². The van der Waals surface area contributed by atoms with E-state index in [0.717, 1.165) is 25.2 Å². The molecule has 1 aliphatic carbocycles. The maximum Gasteiger partial charge on any atom is 0.137 e. The highest BCUT2D eigenvalue weighted by molar-refractivity contribution is 5.58. The van der Waals surface area contributed by atoms with Crippen molar-refractivity contribution in [2.75, 3.05) is 13.1 Å². The number of carbonyl (C=O) groups is 1. The van der Waals surface area contributed by atoms with Gasteiger partial charge in [-0.1, -0.05) is 0 Å². The maximum absolute atomic E-state index is 10.6. The van der Waals surface area contributed by atoms with Gasteiger partial charge in [0.25, 0.3) is 0 Å². The molecule has 1 heterocycles. The average molecular weight is 153 g/mol. The van der Waals surface area contributed by atoms with Crippen LogP contribution in [0.3, 0.4) is 0 Å². The first kappa shape index (κ1) is 7.29. The van der Waals surface area contributed by atoms with Crippen molar-refractivity contribution in [3.8, 4) is 0 Å². The Morgan fingerprint density at radius 1 is 1.36 bits per heavy atom. The van der Waals surface area contributed by atoms with Gasteiger partial charge in [0, 0.05) is 6.54 Å². The average Bonchev–Trinajstić information content (AvgIpc) is 2.68. The normalized spacial score (nSPS) is 32.5. The molecule has 0 aromatic carbocycles. The van der Waals surface area contributed by atoms with E-state index in [2.05, 4.69) is 4.90 Å². The van der Waals surface area contributed by atoms with E-state index in [4.69, 9.17) is 0 Å². The number of aldehydes is 1. The molecule has 0 radical (unpaired) electrons. The Bertz CT molecular complexity index is 154. The van der Waals surface area contributed by atoms with Crippen LogP contribution < -0.4 is 0 Å². The quantitative estimate of drug-likeness (QED) is 0.565. The summed E-state index contributed by atoms with van der Waals surface area (Å²) < 4.78 is 0. The number of nitrogens with zero attached hydrogens (tertiary/aromatic N) is 1. The van der Waals surface area contributed by atoms with Gasteiger partial charge in [0.15, 0.2) is 0 Å². The zero-order valence-electron chi connectivity index (χ0n) is 6.83. The summed E-state index contributed by atoms with van der Waals surface area (Å²) in [4.78, 5) is 12.9. The van der Waals surface area contributed by atoms with E-state index in [-0.39, 0.29) is 6.04 Å².